The zero-order chi connectivity index (χ0) is 17.5. The molecule has 1 aliphatic rings. The van der Waals surface area contributed by atoms with Crippen molar-refractivity contribution in [3.05, 3.63) is 36.0 Å². The van der Waals surface area contributed by atoms with Crippen LogP contribution in [0.1, 0.15) is 18.9 Å². The second-order valence-corrected chi connectivity index (χ2v) is 10.2. The van der Waals surface area contributed by atoms with Gasteiger partial charge in [0.1, 0.15) is 4.90 Å². The summed E-state index contributed by atoms with van der Waals surface area (Å²) in [7, 11) is -6.98. The van der Waals surface area contributed by atoms with E-state index in [2.05, 4.69) is 4.98 Å². The molecule has 0 amide bonds. The van der Waals surface area contributed by atoms with Crippen LogP contribution in [0.2, 0.25) is 0 Å². The van der Waals surface area contributed by atoms with E-state index in [1.165, 1.54) is 10.4 Å². The first-order valence-electron chi connectivity index (χ1n) is 7.82. The van der Waals surface area contributed by atoms with Gasteiger partial charge in [-0.3, -0.25) is 4.98 Å². The fourth-order valence-corrected chi connectivity index (χ4v) is 6.86. The topological polar surface area (TPSA) is 84.4 Å². The van der Waals surface area contributed by atoms with Gasteiger partial charge in [0.25, 0.3) is 0 Å². The third kappa shape index (κ3) is 3.05. The number of sulfone groups is 1. The molecule has 0 N–H and O–H groups in total. The van der Waals surface area contributed by atoms with Crippen molar-refractivity contribution in [3.8, 4) is 0 Å². The quantitative estimate of drug-likeness (QED) is 0.821. The monoisotopic (exact) mass is 368 g/mol. The Morgan fingerprint density at radius 2 is 2.08 bits per heavy atom. The molecule has 24 heavy (non-hydrogen) atoms. The highest BCUT2D eigenvalue weighted by Gasteiger charge is 2.38. The zero-order valence-electron chi connectivity index (χ0n) is 13.6. The van der Waals surface area contributed by atoms with Gasteiger partial charge in [-0.2, -0.15) is 4.31 Å². The number of aromatic nitrogens is 1. The molecule has 0 bridgehead atoms. The van der Waals surface area contributed by atoms with Crippen LogP contribution in [0.5, 0.6) is 0 Å². The van der Waals surface area contributed by atoms with Crippen molar-refractivity contribution in [2.75, 3.05) is 18.1 Å². The number of hydrogen-bond donors (Lipinski definition) is 0. The predicted molar refractivity (Wildman–Crippen MR) is 93.1 cm³/mol. The van der Waals surface area contributed by atoms with E-state index in [9.17, 15) is 16.8 Å². The smallest absolute Gasteiger partial charge is 0.245 e. The number of hydrogen-bond acceptors (Lipinski definition) is 5. The molecular formula is C16H20N2O4S2. The molecule has 2 aromatic rings. The molecule has 0 radical (unpaired) electrons. The van der Waals surface area contributed by atoms with E-state index in [1.807, 2.05) is 19.1 Å². The van der Waals surface area contributed by atoms with Crippen molar-refractivity contribution in [3.63, 3.8) is 0 Å². The van der Waals surface area contributed by atoms with E-state index in [1.54, 1.807) is 19.2 Å². The van der Waals surface area contributed by atoms with Crippen molar-refractivity contribution in [1.82, 2.24) is 9.29 Å². The third-order valence-electron chi connectivity index (χ3n) is 4.32. The van der Waals surface area contributed by atoms with Crippen molar-refractivity contribution >= 4 is 30.8 Å². The normalized spacial score (nSPS) is 20.7. The Balaban J connectivity index is 2.10. The Kier molecular flexibility index (Phi) is 4.39. The summed E-state index contributed by atoms with van der Waals surface area (Å²) in [4.78, 5) is 4.43. The maximum absolute atomic E-state index is 13.2. The molecule has 0 spiro atoms. The fourth-order valence-electron chi connectivity index (χ4n) is 3.20. The second kappa shape index (κ2) is 6.09. The Hall–Kier alpha value is -1.51. The Morgan fingerprint density at radius 1 is 1.33 bits per heavy atom. The number of rotatable bonds is 4. The highest BCUT2D eigenvalue weighted by molar-refractivity contribution is 7.92. The summed E-state index contributed by atoms with van der Waals surface area (Å²) in [5.74, 6) is -0.0754. The molecule has 8 heteroatoms. The Labute approximate surface area is 142 Å². The fraction of sp³-hybridized carbons (Fsp3) is 0.438. The Bertz CT molecular complexity index is 984. The number of sulfonamides is 1. The molecule has 0 saturated carbocycles. The van der Waals surface area contributed by atoms with Crippen LogP contribution in [0.3, 0.4) is 0 Å². The molecular weight excluding hydrogens is 348 g/mol. The second-order valence-electron chi connectivity index (χ2n) is 6.11. The molecule has 2 heterocycles. The number of pyridine rings is 1. The van der Waals surface area contributed by atoms with E-state index >= 15 is 0 Å². The zero-order valence-corrected chi connectivity index (χ0v) is 15.3. The summed E-state index contributed by atoms with van der Waals surface area (Å²) in [5.41, 5.74) is 1.37. The van der Waals surface area contributed by atoms with Gasteiger partial charge >= 0.3 is 0 Å². The van der Waals surface area contributed by atoms with Crippen molar-refractivity contribution in [2.24, 2.45) is 0 Å². The van der Waals surface area contributed by atoms with E-state index in [0.29, 0.717) is 11.9 Å². The average Bonchev–Trinajstić information content (AvgIpc) is 2.86. The lowest BCUT2D eigenvalue weighted by Crippen LogP contribution is -2.41. The van der Waals surface area contributed by atoms with Crippen molar-refractivity contribution < 1.29 is 16.8 Å². The minimum Gasteiger partial charge on any atom is -0.255 e. The number of nitrogens with zero attached hydrogens (tertiary/aromatic N) is 2. The summed E-state index contributed by atoms with van der Waals surface area (Å²) < 4.78 is 51.1. The van der Waals surface area contributed by atoms with Crippen LogP contribution in [0.25, 0.3) is 10.9 Å². The summed E-state index contributed by atoms with van der Waals surface area (Å²) in [6.45, 7) is 3.85. The first-order chi connectivity index (χ1) is 11.2. The molecule has 1 aromatic carbocycles. The van der Waals surface area contributed by atoms with Gasteiger partial charge in [0.05, 0.1) is 17.0 Å². The maximum Gasteiger partial charge on any atom is 0.245 e. The average molecular weight is 368 g/mol. The van der Waals surface area contributed by atoms with E-state index in [4.69, 9.17) is 0 Å². The highest BCUT2D eigenvalue weighted by atomic mass is 32.2. The van der Waals surface area contributed by atoms with Gasteiger partial charge in [0, 0.05) is 24.2 Å². The SMILES string of the molecule is CCN([C@H]1CCS(=O)(=O)C1)S(=O)(=O)c1cccc2cc(C)cnc12. The first-order valence-corrected chi connectivity index (χ1v) is 11.1. The van der Waals surface area contributed by atoms with Gasteiger partial charge in [0.15, 0.2) is 9.84 Å². The predicted octanol–water partition coefficient (Wildman–Crippen LogP) is 1.74. The Morgan fingerprint density at radius 3 is 2.71 bits per heavy atom. The lowest BCUT2D eigenvalue weighted by molar-refractivity contribution is 0.355. The molecule has 6 nitrogen and oxygen atoms in total. The van der Waals surface area contributed by atoms with E-state index < -0.39 is 25.9 Å². The summed E-state index contributed by atoms with van der Waals surface area (Å²) in [5, 5.41) is 0.756. The standard InChI is InChI=1S/C16H20N2O4S2/c1-3-18(14-7-8-23(19,20)11-14)24(21,22)15-6-4-5-13-9-12(2)10-17-16(13)15/h4-6,9-10,14H,3,7-8,11H2,1-2H3/t14-/m0/s1. The molecule has 1 fully saturated rings. The lowest BCUT2D eigenvalue weighted by atomic mass is 10.2. The van der Waals surface area contributed by atoms with Crippen LogP contribution in [-0.4, -0.2) is 50.2 Å². The minimum absolute atomic E-state index is 0.0384. The van der Waals surface area contributed by atoms with Crippen molar-refractivity contribution in [1.29, 1.82) is 0 Å². The van der Waals surface area contributed by atoms with Gasteiger partial charge in [-0.15, -0.1) is 0 Å². The van der Waals surface area contributed by atoms with Crippen LogP contribution in [0.4, 0.5) is 0 Å². The van der Waals surface area contributed by atoms with Gasteiger partial charge in [-0.05, 0) is 31.0 Å². The number of fused-ring (bicyclic) bond motifs is 1. The van der Waals surface area contributed by atoms with Crippen LogP contribution in [0, 0.1) is 6.92 Å². The van der Waals surface area contributed by atoms with Gasteiger partial charge in [0.2, 0.25) is 10.0 Å². The number of aryl methyl sites for hydroxylation is 1. The summed E-state index contributed by atoms with van der Waals surface area (Å²) in [6.07, 6.45) is 1.98. The third-order valence-corrected chi connectivity index (χ3v) is 8.13. The minimum atomic E-state index is -3.82. The molecule has 0 unspecified atom stereocenters. The van der Waals surface area contributed by atoms with Crippen LogP contribution in [-0.2, 0) is 19.9 Å². The molecule has 1 aliphatic heterocycles. The van der Waals surface area contributed by atoms with Crippen LogP contribution in [0.15, 0.2) is 35.4 Å². The highest BCUT2D eigenvalue weighted by Crippen LogP contribution is 2.28. The lowest BCUT2D eigenvalue weighted by Gasteiger charge is -2.26. The summed E-state index contributed by atoms with van der Waals surface area (Å²) >= 11 is 0. The number of para-hydroxylation sites is 1. The molecule has 130 valence electrons. The van der Waals surface area contributed by atoms with Gasteiger partial charge < -0.3 is 0 Å². The number of benzene rings is 1. The molecule has 1 atom stereocenters. The van der Waals surface area contributed by atoms with E-state index in [0.717, 1.165) is 10.9 Å². The first kappa shape index (κ1) is 17.3. The molecule has 0 aliphatic carbocycles. The van der Waals surface area contributed by atoms with Crippen LogP contribution < -0.4 is 0 Å². The maximum atomic E-state index is 13.2. The van der Waals surface area contributed by atoms with Crippen molar-refractivity contribution in [2.45, 2.75) is 31.2 Å². The van der Waals surface area contributed by atoms with E-state index in [-0.39, 0.29) is 22.9 Å². The largest absolute Gasteiger partial charge is 0.255 e. The molecule has 3 rings (SSSR count). The van der Waals surface area contributed by atoms with Gasteiger partial charge in [-0.25, -0.2) is 16.8 Å². The molecule has 1 aromatic heterocycles. The summed E-state index contributed by atoms with van der Waals surface area (Å²) in [6, 6.07) is 6.43. The molecule has 1 saturated heterocycles. The van der Waals surface area contributed by atoms with Crippen LogP contribution >= 0.6 is 0 Å². The van der Waals surface area contributed by atoms with Gasteiger partial charge in [-0.1, -0.05) is 19.1 Å².